The highest BCUT2D eigenvalue weighted by Crippen LogP contribution is 2.31. The first-order chi connectivity index (χ1) is 15.6. The van der Waals surface area contributed by atoms with Gasteiger partial charge in [-0.1, -0.05) is 38.1 Å². The Morgan fingerprint density at radius 2 is 1.33 bits per heavy atom. The number of methoxy groups -OCH3 is 2. The Bertz CT molecular complexity index is 965. The number of benzene rings is 2. The zero-order valence-corrected chi connectivity index (χ0v) is 21.8. The third kappa shape index (κ3) is 6.32. The Morgan fingerprint density at radius 3 is 1.76 bits per heavy atom. The molecule has 3 rings (SSSR count). The molecule has 2 aromatic carbocycles. The van der Waals surface area contributed by atoms with Crippen LogP contribution in [-0.4, -0.2) is 44.3 Å². The molecule has 0 fully saturated rings. The van der Waals surface area contributed by atoms with Gasteiger partial charge in [0.25, 0.3) is 0 Å². The fourth-order valence-electron chi connectivity index (χ4n) is 3.91. The second-order valence-electron chi connectivity index (χ2n) is 9.66. The second-order valence-corrected chi connectivity index (χ2v) is 14.1. The van der Waals surface area contributed by atoms with E-state index in [1.54, 1.807) is 19.1 Å². The van der Waals surface area contributed by atoms with Crippen molar-refractivity contribution in [1.82, 2.24) is 9.80 Å². The lowest BCUT2D eigenvalue weighted by atomic mass is 9.98. The molecule has 0 saturated carbocycles. The number of hydrogen-bond donors (Lipinski definition) is 0. The molecule has 0 saturated heterocycles. The van der Waals surface area contributed by atoms with Crippen molar-refractivity contribution in [1.29, 1.82) is 0 Å². The maximum Gasteiger partial charge on any atom is 0.250 e. The molecule has 33 heavy (non-hydrogen) atoms. The number of carbonyl (C=O) groups excluding carboxylic acids is 1. The summed E-state index contributed by atoms with van der Waals surface area (Å²) >= 11 is 0. The Morgan fingerprint density at radius 1 is 0.848 bits per heavy atom. The van der Waals surface area contributed by atoms with E-state index in [0.29, 0.717) is 13.1 Å². The van der Waals surface area contributed by atoms with Crippen molar-refractivity contribution in [2.75, 3.05) is 14.2 Å². The molecule has 0 spiro atoms. The van der Waals surface area contributed by atoms with Gasteiger partial charge >= 0.3 is 0 Å². The number of nitrogens with zero attached hydrogens (tertiary/aromatic N) is 2. The van der Waals surface area contributed by atoms with Crippen LogP contribution in [0.15, 0.2) is 60.6 Å². The summed E-state index contributed by atoms with van der Waals surface area (Å²) in [7, 11) is 1.39. The highest BCUT2D eigenvalue weighted by atomic mass is 28.4. The van der Waals surface area contributed by atoms with Crippen LogP contribution in [-0.2, 0) is 22.3 Å². The molecule has 0 aliphatic carbocycles. The lowest BCUT2D eigenvalue weighted by Gasteiger charge is -2.44. The van der Waals surface area contributed by atoms with Gasteiger partial charge in [-0.25, -0.2) is 0 Å². The van der Waals surface area contributed by atoms with Crippen LogP contribution in [0.25, 0.3) is 0 Å². The first kappa shape index (κ1) is 24.7. The van der Waals surface area contributed by atoms with Crippen LogP contribution >= 0.6 is 0 Å². The molecule has 1 atom stereocenters. The molecule has 0 bridgehead atoms. The van der Waals surface area contributed by atoms with E-state index in [-0.39, 0.29) is 17.9 Å². The number of rotatable bonds is 9. The van der Waals surface area contributed by atoms with Crippen molar-refractivity contribution in [2.45, 2.75) is 52.6 Å². The van der Waals surface area contributed by atoms with Gasteiger partial charge in [0.15, 0.2) is 5.88 Å². The van der Waals surface area contributed by atoms with Crippen molar-refractivity contribution in [3.63, 3.8) is 0 Å². The van der Waals surface area contributed by atoms with Crippen molar-refractivity contribution in [3.05, 3.63) is 71.7 Å². The molecule has 0 unspecified atom stereocenters. The minimum atomic E-state index is -1.92. The molecule has 178 valence electrons. The van der Waals surface area contributed by atoms with Crippen LogP contribution in [0.4, 0.5) is 0 Å². The van der Waals surface area contributed by atoms with Crippen LogP contribution in [0.3, 0.4) is 0 Å². The van der Waals surface area contributed by atoms with E-state index in [4.69, 9.17) is 13.9 Å². The first-order valence-corrected chi connectivity index (χ1v) is 14.8. The molecule has 1 aliphatic heterocycles. The van der Waals surface area contributed by atoms with Crippen LogP contribution in [0.2, 0.25) is 19.6 Å². The lowest BCUT2D eigenvalue weighted by molar-refractivity contribution is -0.139. The number of amides is 1. The molecule has 1 heterocycles. The molecule has 1 aliphatic rings. The largest absolute Gasteiger partial charge is 0.532 e. The Labute approximate surface area is 198 Å². The molecule has 2 aromatic rings. The fraction of sp³-hybridized carbons (Fsp3) is 0.423. The van der Waals surface area contributed by atoms with Crippen molar-refractivity contribution >= 4 is 14.2 Å². The van der Waals surface area contributed by atoms with Crippen molar-refractivity contribution in [3.8, 4) is 11.5 Å². The van der Waals surface area contributed by atoms with Gasteiger partial charge in [0.05, 0.1) is 27.0 Å². The van der Waals surface area contributed by atoms with Gasteiger partial charge in [-0.15, -0.1) is 0 Å². The van der Waals surface area contributed by atoms with Crippen molar-refractivity contribution in [2.24, 2.45) is 5.92 Å². The van der Waals surface area contributed by atoms with E-state index < -0.39 is 8.32 Å². The minimum Gasteiger partial charge on any atom is -0.532 e. The molecule has 1 amide bonds. The maximum absolute atomic E-state index is 13.7. The summed E-state index contributed by atoms with van der Waals surface area (Å²) in [5.41, 5.74) is 2.14. The van der Waals surface area contributed by atoms with Crippen molar-refractivity contribution < 1.29 is 18.7 Å². The predicted molar refractivity (Wildman–Crippen MR) is 133 cm³/mol. The SMILES string of the molecule is COc1ccc(CN2C=C(O[Si](C)(C)C)N(Cc3ccc(OC)cc3)[C@@H](C(C)C)C2=O)cc1. The molecule has 0 N–H and O–H groups in total. The highest BCUT2D eigenvalue weighted by molar-refractivity contribution is 6.70. The number of ether oxygens (including phenoxy) is 2. The zero-order valence-electron chi connectivity index (χ0n) is 20.8. The molecular weight excluding hydrogens is 432 g/mol. The van der Waals surface area contributed by atoms with Gasteiger partial charge in [0.2, 0.25) is 14.2 Å². The average molecular weight is 469 g/mol. The van der Waals surface area contributed by atoms with E-state index in [1.165, 1.54) is 0 Å². The highest BCUT2D eigenvalue weighted by Gasteiger charge is 2.39. The van der Waals surface area contributed by atoms with Gasteiger partial charge in [0, 0.05) is 6.54 Å². The normalized spacial score (nSPS) is 16.7. The smallest absolute Gasteiger partial charge is 0.250 e. The Hall–Kier alpha value is -2.93. The molecule has 0 radical (unpaired) electrons. The fourth-order valence-corrected chi connectivity index (χ4v) is 4.71. The average Bonchev–Trinajstić information content (AvgIpc) is 2.76. The van der Waals surface area contributed by atoms with Gasteiger partial charge in [-0.05, 0) is 61.0 Å². The van der Waals surface area contributed by atoms with E-state index in [9.17, 15) is 4.79 Å². The summed E-state index contributed by atoms with van der Waals surface area (Å²) in [5.74, 6) is 2.57. The van der Waals surface area contributed by atoms with Gasteiger partial charge < -0.3 is 23.7 Å². The maximum atomic E-state index is 13.7. The summed E-state index contributed by atoms with van der Waals surface area (Å²) in [4.78, 5) is 17.6. The number of carbonyl (C=O) groups is 1. The van der Waals surface area contributed by atoms with Crippen LogP contribution in [0, 0.1) is 5.92 Å². The second kappa shape index (κ2) is 10.3. The zero-order chi connectivity index (χ0) is 24.2. The number of hydrogen-bond acceptors (Lipinski definition) is 5. The third-order valence-electron chi connectivity index (χ3n) is 5.49. The molecule has 6 nitrogen and oxygen atoms in total. The summed E-state index contributed by atoms with van der Waals surface area (Å²) < 4.78 is 17.1. The van der Waals surface area contributed by atoms with E-state index in [1.807, 2.05) is 54.7 Å². The molecule has 0 aromatic heterocycles. The van der Waals surface area contributed by atoms with E-state index >= 15 is 0 Å². The molecular formula is C26H36N2O4Si. The Balaban J connectivity index is 1.96. The third-order valence-corrected chi connectivity index (χ3v) is 6.31. The summed E-state index contributed by atoms with van der Waals surface area (Å²) in [6, 6.07) is 15.5. The van der Waals surface area contributed by atoms with Gasteiger partial charge in [0.1, 0.15) is 17.5 Å². The topological polar surface area (TPSA) is 51.2 Å². The predicted octanol–water partition coefficient (Wildman–Crippen LogP) is 5.22. The van der Waals surface area contributed by atoms with Crippen LogP contribution in [0.1, 0.15) is 25.0 Å². The lowest BCUT2D eigenvalue weighted by Crippen LogP contribution is -2.54. The Kier molecular flexibility index (Phi) is 7.74. The minimum absolute atomic E-state index is 0.0808. The monoisotopic (exact) mass is 468 g/mol. The molecule has 7 heteroatoms. The van der Waals surface area contributed by atoms with Gasteiger partial charge in [-0.2, -0.15) is 0 Å². The summed E-state index contributed by atoms with van der Waals surface area (Å²) in [5, 5.41) is 0. The van der Waals surface area contributed by atoms with Crippen LogP contribution < -0.4 is 9.47 Å². The van der Waals surface area contributed by atoms with Crippen LogP contribution in [0.5, 0.6) is 11.5 Å². The van der Waals surface area contributed by atoms with Gasteiger partial charge in [-0.3, -0.25) is 4.79 Å². The van der Waals surface area contributed by atoms with E-state index in [0.717, 1.165) is 28.5 Å². The summed E-state index contributed by atoms with van der Waals surface area (Å²) in [6.45, 7) is 11.7. The van der Waals surface area contributed by atoms with E-state index in [2.05, 4.69) is 38.4 Å². The quantitative estimate of drug-likeness (QED) is 0.472. The summed E-state index contributed by atoms with van der Waals surface area (Å²) in [6.07, 6.45) is 1.88. The first-order valence-electron chi connectivity index (χ1n) is 11.3. The standard InChI is InChI=1S/C26H36N2O4Si/c1-19(2)25-26(29)27(16-20-8-12-22(30-3)13-9-20)18-24(32-33(5,6)7)28(25)17-21-10-14-23(31-4)15-11-21/h8-15,18-19,25H,16-17H2,1-7H3/t25-/m0/s1.